The zero-order chi connectivity index (χ0) is 10.7. The Balaban J connectivity index is 2.15. The Morgan fingerprint density at radius 1 is 1.47 bits per heavy atom. The minimum Gasteiger partial charge on any atom is -0.486 e. The van der Waals surface area contributed by atoms with Crippen LogP contribution in [0.4, 0.5) is 0 Å². The van der Waals surface area contributed by atoms with E-state index in [0.29, 0.717) is 6.61 Å². The topological polar surface area (TPSA) is 30.5 Å². The van der Waals surface area contributed by atoms with Crippen molar-refractivity contribution in [2.75, 3.05) is 13.7 Å². The average Bonchev–Trinajstić information content (AvgIpc) is 2.30. The molecule has 15 heavy (non-hydrogen) atoms. The monoisotopic (exact) mass is 203 g/mol. The van der Waals surface area contributed by atoms with Gasteiger partial charge in [-0.25, -0.2) is 0 Å². The molecule has 2 rings (SSSR count). The van der Waals surface area contributed by atoms with Crippen molar-refractivity contribution in [2.45, 2.75) is 12.1 Å². The number of rotatable bonds is 2. The summed E-state index contributed by atoms with van der Waals surface area (Å²) in [6, 6.07) is 7.47. The standard InChI is InChI=1S/C12H13NO2/c1-3-9(13-2)12-8-14-10-6-4-5-7-11(10)15-12/h1,4-7,9,12-13H,8H2,2H3. The van der Waals surface area contributed by atoms with E-state index in [1.807, 2.05) is 31.3 Å². The lowest BCUT2D eigenvalue weighted by atomic mass is 10.1. The summed E-state index contributed by atoms with van der Waals surface area (Å²) in [5.41, 5.74) is 0. The Hall–Kier alpha value is -1.66. The summed E-state index contributed by atoms with van der Waals surface area (Å²) >= 11 is 0. The van der Waals surface area contributed by atoms with E-state index >= 15 is 0 Å². The van der Waals surface area contributed by atoms with Gasteiger partial charge >= 0.3 is 0 Å². The SMILES string of the molecule is C#CC(NC)C1COc2ccccc2O1. The second kappa shape index (κ2) is 4.24. The second-order valence-corrected chi connectivity index (χ2v) is 3.35. The summed E-state index contributed by atoms with van der Waals surface area (Å²) in [5, 5.41) is 3.01. The fraction of sp³-hybridized carbons (Fsp3) is 0.333. The molecule has 0 fully saturated rings. The molecule has 1 aliphatic heterocycles. The third-order valence-electron chi connectivity index (χ3n) is 2.39. The van der Waals surface area contributed by atoms with Crippen LogP contribution in [0.25, 0.3) is 0 Å². The van der Waals surface area contributed by atoms with Gasteiger partial charge in [0.05, 0.1) is 0 Å². The number of benzene rings is 1. The van der Waals surface area contributed by atoms with Crippen molar-refractivity contribution in [3.05, 3.63) is 24.3 Å². The number of likely N-dealkylation sites (N-methyl/N-ethyl adjacent to an activating group) is 1. The van der Waals surface area contributed by atoms with Crippen molar-refractivity contribution in [2.24, 2.45) is 0 Å². The lowest BCUT2D eigenvalue weighted by molar-refractivity contribution is 0.0777. The number of para-hydroxylation sites is 2. The first-order chi connectivity index (χ1) is 7.35. The van der Waals surface area contributed by atoms with Crippen molar-refractivity contribution >= 4 is 0 Å². The van der Waals surface area contributed by atoms with Gasteiger partial charge in [-0.1, -0.05) is 18.1 Å². The molecule has 0 aliphatic carbocycles. The highest BCUT2D eigenvalue weighted by Crippen LogP contribution is 2.31. The van der Waals surface area contributed by atoms with Gasteiger partial charge in [-0.3, -0.25) is 0 Å². The Bertz CT molecular complexity index is 383. The second-order valence-electron chi connectivity index (χ2n) is 3.35. The number of ether oxygens (including phenoxy) is 2. The lowest BCUT2D eigenvalue weighted by Gasteiger charge is -2.29. The van der Waals surface area contributed by atoms with Crippen molar-refractivity contribution in [3.63, 3.8) is 0 Å². The molecule has 3 nitrogen and oxygen atoms in total. The van der Waals surface area contributed by atoms with Crippen molar-refractivity contribution < 1.29 is 9.47 Å². The van der Waals surface area contributed by atoms with Crippen molar-refractivity contribution in [1.29, 1.82) is 0 Å². The Kier molecular flexibility index (Phi) is 2.79. The van der Waals surface area contributed by atoms with Crippen LogP contribution >= 0.6 is 0 Å². The molecule has 0 spiro atoms. The number of terminal acetylenes is 1. The van der Waals surface area contributed by atoms with E-state index in [1.165, 1.54) is 0 Å². The fourth-order valence-electron chi connectivity index (χ4n) is 1.58. The molecule has 1 aromatic rings. The van der Waals surface area contributed by atoms with Gasteiger partial charge in [0.15, 0.2) is 17.6 Å². The van der Waals surface area contributed by atoms with E-state index in [9.17, 15) is 0 Å². The van der Waals surface area contributed by atoms with Gasteiger partial charge in [0.25, 0.3) is 0 Å². The molecular weight excluding hydrogens is 190 g/mol. The summed E-state index contributed by atoms with van der Waals surface area (Å²) in [6.07, 6.45) is 5.26. The molecule has 0 amide bonds. The quantitative estimate of drug-likeness (QED) is 0.729. The van der Waals surface area contributed by atoms with Gasteiger partial charge in [0.2, 0.25) is 0 Å². The van der Waals surface area contributed by atoms with Crippen LogP contribution in [0.2, 0.25) is 0 Å². The summed E-state index contributed by atoms with van der Waals surface area (Å²) in [6.45, 7) is 0.479. The fourth-order valence-corrected chi connectivity index (χ4v) is 1.58. The number of fused-ring (bicyclic) bond motifs is 1. The molecular formula is C12H13NO2. The molecule has 1 aliphatic rings. The van der Waals surface area contributed by atoms with E-state index in [0.717, 1.165) is 11.5 Å². The van der Waals surface area contributed by atoms with Crippen LogP contribution in [0, 0.1) is 12.3 Å². The maximum atomic E-state index is 5.75. The molecule has 0 bridgehead atoms. The third-order valence-corrected chi connectivity index (χ3v) is 2.39. The largest absolute Gasteiger partial charge is 0.486 e. The predicted molar refractivity (Wildman–Crippen MR) is 58.0 cm³/mol. The minimum absolute atomic E-state index is 0.127. The van der Waals surface area contributed by atoms with Gasteiger partial charge in [0, 0.05) is 0 Å². The third kappa shape index (κ3) is 1.90. The van der Waals surface area contributed by atoms with Crippen LogP contribution in [-0.4, -0.2) is 25.8 Å². The van der Waals surface area contributed by atoms with E-state index in [2.05, 4.69) is 11.2 Å². The Morgan fingerprint density at radius 3 is 2.87 bits per heavy atom. The van der Waals surface area contributed by atoms with Gasteiger partial charge < -0.3 is 14.8 Å². The first kappa shape index (κ1) is 9.88. The first-order valence-electron chi connectivity index (χ1n) is 4.87. The molecule has 0 saturated heterocycles. The van der Waals surface area contributed by atoms with Crippen molar-refractivity contribution in [3.8, 4) is 23.8 Å². The molecule has 3 heteroatoms. The van der Waals surface area contributed by atoms with Gasteiger partial charge in [0.1, 0.15) is 12.6 Å². The molecule has 2 unspecified atom stereocenters. The van der Waals surface area contributed by atoms with E-state index in [4.69, 9.17) is 15.9 Å². The van der Waals surface area contributed by atoms with Crippen LogP contribution in [0.3, 0.4) is 0 Å². The zero-order valence-electron chi connectivity index (χ0n) is 8.57. The smallest absolute Gasteiger partial charge is 0.161 e. The summed E-state index contributed by atoms with van der Waals surface area (Å²) in [4.78, 5) is 0. The highest BCUT2D eigenvalue weighted by molar-refractivity contribution is 5.41. The summed E-state index contributed by atoms with van der Waals surface area (Å²) < 4.78 is 11.3. The molecule has 2 atom stereocenters. The van der Waals surface area contributed by atoms with Crippen LogP contribution in [0.5, 0.6) is 11.5 Å². The van der Waals surface area contributed by atoms with Crippen LogP contribution in [-0.2, 0) is 0 Å². The van der Waals surface area contributed by atoms with Crippen molar-refractivity contribution in [1.82, 2.24) is 5.32 Å². The van der Waals surface area contributed by atoms with E-state index in [-0.39, 0.29) is 12.1 Å². The molecule has 0 aromatic heterocycles. The maximum absolute atomic E-state index is 5.75. The average molecular weight is 203 g/mol. The van der Waals surface area contributed by atoms with Gasteiger partial charge in [-0.05, 0) is 19.2 Å². The number of hydrogen-bond donors (Lipinski definition) is 1. The summed E-state index contributed by atoms with van der Waals surface area (Å²) in [7, 11) is 1.81. The van der Waals surface area contributed by atoms with E-state index < -0.39 is 0 Å². The molecule has 0 saturated carbocycles. The molecule has 1 aromatic carbocycles. The highest BCUT2D eigenvalue weighted by atomic mass is 16.6. The number of nitrogens with one attached hydrogen (secondary N) is 1. The Labute approximate surface area is 89.4 Å². The molecule has 1 heterocycles. The maximum Gasteiger partial charge on any atom is 0.161 e. The Morgan fingerprint density at radius 2 is 2.20 bits per heavy atom. The lowest BCUT2D eigenvalue weighted by Crippen LogP contribution is -2.45. The molecule has 0 radical (unpaired) electrons. The molecule has 1 N–H and O–H groups in total. The minimum atomic E-state index is -0.130. The number of hydrogen-bond acceptors (Lipinski definition) is 3. The van der Waals surface area contributed by atoms with Crippen LogP contribution in [0.1, 0.15) is 0 Å². The van der Waals surface area contributed by atoms with E-state index in [1.54, 1.807) is 0 Å². The van der Waals surface area contributed by atoms with Gasteiger partial charge in [-0.2, -0.15) is 0 Å². The van der Waals surface area contributed by atoms with Crippen LogP contribution < -0.4 is 14.8 Å². The van der Waals surface area contributed by atoms with Crippen LogP contribution in [0.15, 0.2) is 24.3 Å². The highest BCUT2D eigenvalue weighted by Gasteiger charge is 2.26. The summed E-state index contributed by atoms with van der Waals surface area (Å²) in [5.74, 6) is 4.17. The molecule has 78 valence electrons. The van der Waals surface area contributed by atoms with Gasteiger partial charge in [-0.15, -0.1) is 6.42 Å². The predicted octanol–water partition coefficient (Wildman–Crippen LogP) is 1.05. The first-order valence-corrected chi connectivity index (χ1v) is 4.87. The zero-order valence-corrected chi connectivity index (χ0v) is 8.57. The normalized spacial score (nSPS) is 20.4.